The molecule has 1 unspecified atom stereocenters. The van der Waals surface area contributed by atoms with Crippen LogP contribution in [0.3, 0.4) is 0 Å². The van der Waals surface area contributed by atoms with Crippen LogP contribution in [0.25, 0.3) is 0 Å². The monoisotopic (exact) mass is 276 g/mol. The van der Waals surface area contributed by atoms with Gasteiger partial charge in [-0.3, -0.25) is 0 Å². The van der Waals surface area contributed by atoms with Crippen LogP contribution in [-0.2, 0) is 0 Å². The number of nitrogens with one attached hydrogen (secondary N) is 1. The molecule has 0 aromatic carbocycles. The average Bonchev–Trinajstić information content (AvgIpc) is 2.16. The van der Waals surface area contributed by atoms with E-state index in [0.29, 0.717) is 0 Å². The van der Waals surface area contributed by atoms with Crippen LogP contribution >= 0.6 is 27.5 Å². The third-order valence-corrected chi connectivity index (χ3v) is 2.88. The maximum atomic E-state index is 6.00. The van der Waals surface area contributed by atoms with Gasteiger partial charge in [0, 0.05) is 17.2 Å². The van der Waals surface area contributed by atoms with Crippen LogP contribution in [0.15, 0.2) is 16.7 Å². The smallest absolute Gasteiger partial charge is 0.128 e. The van der Waals surface area contributed by atoms with Crippen molar-refractivity contribution in [1.29, 1.82) is 0 Å². The Morgan fingerprint density at radius 3 is 2.93 bits per heavy atom. The molecule has 0 spiro atoms. The quantitative estimate of drug-likeness (QED) is 0.851. The lowest BCUT2D eigenvalue weighted by molar-refractivity contribution is 0.839. The number of rotatable bonds is 4. The lowest BCUT2D eigenvalue weighted by Gasteiger charge is -2.11. The van der Waals surface area contributed by atoms with Crippen LogP contribution in [0.4, 0.5) is 5.82 Å². The fourth-order valence-corrected chi connectivity index (χ4v) is 1.60. The molecule has 2 nitrogen and oxygen atoms in total. The van der Waals surface area contributed by atoms with Gasteiger partial charge in [-0.1, -0.05) is 6.92 Å². The summed E-state index contributed by atoms with van der Waals surface area (Å²) >= 11 is 9.37. The number of alkyl halides is 1. The van der Waals surface area contributed by atoms with Gasteiger partial charge in [0.05, 0.1) is 5.38 Å². The fraction of sp³-hybridized carbons (Fsp3) is 0.500. The predicted molar refractivity (Wildman–Crippen MR) is 65.1 cm³/mol. The van der Waals surface area contributed by atoms with Crippen molar-refractivity contribution < 1.29 is 0 Å². The van der Waals surface area contributed by atoms with E-state index < -0.39 is 0 Å². The molecule has 0 saturated carbocycles. The summed E-state index contributed by atoms with van der Waals surface area (Å²) in [6.45, 7) is 4.85. The minimum absolute atomic E-state index is 0.167. The first-order chi connectivity index (χ1) is 6.63. The van der Waals surface area contributed by atoms with Crippen molar-refractivity contribution >= 4 is 33.3 Å². The Kier molecular flexibility index (Phi) is 4.69. The summed E-state index contributed by atoms with van der Waals surface area (Å²) in [7, 11) is 0. The highest BCUT2D eigenvalue weighted by Crippen LogP contribution is 2.17. The van der Waals surface area contributed by atoms with Gasteiger partial charge in [-0.05, 0) is 40.9 Å². The Hall–Kier alpha value is -0.280. The number of nitrogens with zero attached hydrogens (tertiary/aromatic N) is 1. The Balaban J connectivity index is 2.59. The zero-order chi connectivity index (χ0) is 10.6. The van der Waals surface area contributed by atoms with Crippen LogP contribution < -0.4 is 5.32 Å². The number of hydrogen-bond donors (Lipinski definition) is 1. The summed E-state index contributed by atoms with van der Waals surface area (Å²) in [5.41, 5.74) is 1.12. The fourth-order valence-electron chi connectivity index (χ4n) is 1.08. The minimum atomic E-state index is 0.167. The van der Waals surface area contributed by atoms with E-state index in [1.165, 1.54) is 0 Å². The van der Waals surface area contributed by atoms with E-state index >= 15 is 0 Å². The number of halogens is 2. The second-order valence-corrected chi connectivity index (χ2v) is 4.74. The first-order valence-corrected chi connectivity index (χ1v) is 5.86. The Morgan fingerprint density at radius 1 is 1.64 bits per heavy atom. The Morgan fingerprint density at radius 2 is 2.36 bits per heavy atom. The van der Waals surface area contributed by atoms with E-state index in [9.17, 15) is 0 Å². The molecule has 0 saturated heterocycles. The number of anilines is 1. The maximum absolute atomic E-state index is 6.00. The molecule has 0 aliphatic carbocycles. The first kappa shape index (κ1) is 11.8. The van der Waals surface area contributed by atoms with E-state index in [0.717, 1.165) is 28.8 Å². The van der Waals surface area contributed by atoms with Crippen LogP contribution in [0, 0.1) is 6.92 Å². The second-order valence-electron chi connectivity index (χ2n) is 3.21. The van der Waals surface area contributed by atoms with Gasteiger partial charge in [-0.2, -0.15) is 0 Å². The highest BCUT2D eigenvalue weighted by atomic mass is 79.9. The van der Waals surface area contributed by atoms with Gasteiger partial charge in [0.25, 0.3) is 0 Å². The van der Waals surface area contributed by atoms with Crippen LogP contribution in [0.1, 0.15) is 18.9 Å². The zero-order valence-electron chi connectivity index (χ0n) is 8.35. The SMILES string of the molecule is CCC(Cl)CNc1ncc(Br)cc1C. The van der Waals surface area contributed by atoms with Gasteiger partial charge in [-0.25, -0.2) is 4.98 Å². The molecular weight excluding hydrogens is 263 g/mol. The standard InChI is InChI=1S/C10H14BrClN2/c1-3-9(12)6-14-10-7(2)4-8(11)5-13-10/h4-5,9H,3,6H2,1-2H3,(H,13,14). The number of aromatic nitrogens is 1. The van der Waals surface area contributed by atoms with E-state index in [1.807, 2.05) is 13.0 Å². The zero-order valence-corrected chi connectivity index (χ0v) is 10.7. The summed E-state index contributed by atoms with van der Waals surface area (Å²) in [5.74, 6) is 0.910. The minimum Gasteiger partial charge on any atom is -0.368 e. The molecule has 0 aliphatic heterocycles. The van der Waals surface area contributed by atoms with Crippen molar-refractivity contribution in [2.24, 2.45) is 0 Å². The third kappa shape index (κ3) is 3.46. The predicted octanol–water partition coefficient (Wildman–Crippen LogP) is 3.58. The molecule has 1 N–H and O–H groups in total. The summed E-state index contributed by atoms with van der Waals surface area (Å²) in [6, 6.07) is 2.03. The molecule has 1 heterocycles. The lowest BCUT2D eigenvalue weighted by Crippen LogP contribution is -2.14. The van der Waals surface area contributed by atoms with E-state index in [1.54, 1.807) is 6.20 Å². The summed E-state index contributed by atoms with van der Waals surface area (Å²) in [6.07, 6.45) is 2.74. The van der Waals surface area contributed by atoms with E-state index in [4.69, 9.17) is 11.6 Å². The largest absolute Gasteiger partial charge is 0.368 e. The maximum Gasteiger partial charge on any atom is 0.128 e. The van der Waals surface area contributed by atoms with E-state index in [-0.39, 0.29) is 5.38 Å². The number of hydrogen-bond acceptors (Lipinski definition) is 2. The molecule has 1 aromatic heterocycles. The number of pyridine rings is 1. The molecule has 1 rings (SSSR count). The molecule has 0 fully saturated rings. The topological polar surface area (TPSA) is 24.9 Å². The number of aryl methyl sites for hydroxylation is 1. The molecular formula is C10H14BrClN2. The van der Waals surface area contributed by atoms with Gasteiger partial charge in [0.1, 0.15) is 5.82 Å². The van der Waals surface area contributed by atoms with Crippen molar-refractivity contribution in [2.75, 3.05) is 11.9 Å². The van der Waals surface area contributed by atoms with Crippen molar-refractivity contribution in [3.8, 4) is 0 Å². The molecule has 78 valence electrons. The lowest BCUT2D eigenvalue weighted by atomic mass is 10.3. The van der Waals surface area contributed by atoms with Gasteiger partial charge in [0.2, 0.25) is 0 Å². The van der Waals surface area contributed by atoms with Crippen molar-refractivity contribution in [2.45, 2.75) is 25.6 Å². The summed E-state index contributed by atoms with van der Waals surface area (Å²) in [5, 5.41) is 3.39. The molecule has 0 aliphatic rings. The van der Waals surface area contributed by atoms with Gasteiger partial charge in [-0.15, -0.1) is 11.6 Å². The third-order valence-electron chi connectivity index (χ3n) is 1.98. The normalized spacial score (nSPS) is 12.6. The second kappa shape index (κ2) is 5.56. The first-order valence-electron chi connectivity index (χ1n) is 4.63. The highest BCUT2D eigenvalue weighted by Gasteiger charge is 2.03. The summed E-state index contributed by atoms with van der Waals surface area (Å²) < 4.78 is 0.999. The van der Waals surface area contributed by atoms with Gasteiger partial charge < -0.3 is 5.32 Å². The molecule has 1 aromatic rings. The molecule has 0 radical (unpaired) electrons. The highest BCUT2D eigenvalue weighted by molar-refractivity contribution is 9.10. The van der Waals surface area contributed by atoms with Gasteiger partial charge >= 0.3 is 0 Å². The molecule has 1 atom stereocenters. The molecule has 14 heavy (non-hydrogen) atoms. The van der Waals surface area contributed by atoms with Crippen LogP contribution in [-0.4, -0.2) is 16.9 Å². The summed E-state index contributed by atoms with van der Waals surface area (Å²) in [4.78, 5) is 4.27. The van der Waals surface area contributed by atoms with Crippen molar-refractivity contribution in [3.63, 3.8) is 0 Å². The molecule has 0 amide bonds. The van der Waals surface area contributed by atoms with Crippen LogP contribution in [0.2, 0.25) is 0 Å². The van der Waals surface area contributed by atoms with Gasteiger partial charge in [0.15, 0.2) is 0 Å². The Bertz CT molecular complexity index is 304. The van der Waals surface area contributed by atoms with Crippen molar-refractivity contribution in [1.82, 2.24) is 4.98 Å². The van der Waals surface area contributed by atoms with E-state index in [2.05, 4.69) is 33.2 Å². The molecule has 0 bridgehead atoms. The van der Waals surface area contributed by atoms with Crippen LogP contribution in [0.5, 0.6) is 0 Å². The average molecular weight is 278 g/mol. The molecule has 4 heteroatoms. The Labute approximate surface area is 98.2 Å². The van der Waals surface area contributed by atoms with Crippen molar-refractivity contribution in [3.05, 3.63) is 22.3 Å².